The lowest BCUT2D eigenvalue weighted by Crippen LogP contribution is -2.30. The van der Waals surface area contributed by atoms with Crippen molar-refractivity contribution in [3.8, 4) is 0 Å². The van der Waals surface area contributed by atoms with E-state index in [0.29, 0.717) is 0 Å². The van der Waals surface area contributed by atoms with E-state index in [0.717, 1.165) is 6.42 Å². The number of ether oxygens (including phenoxy) is 2. The Morgan fingerprint density at radius 2 is 2.00 bits per heavy atom. The van der Waals surface area contributed by atoms with Crippen molar-refractivity contribution in [3.63, 3.8) is 0 Å². The SMILES string of the molecule is CCC=COC(=O)NC(=O)OCC. The quantitative estimate of drug-likeness (QED) is 0.684. The molecule has 0 aromatic carbocycles. The number of allylic oxidation sites excluding steroid dienone is 1. The zero-order valence-electron chi connectivity index (χ0n) is 7.70. The van der Waals surface area contributed by atoms with Gasteiger partial charge >= 0.3 is 12.2 Å². The fourth-order valence-electron chi connectivity index (χ4n) is 0.486. The minimum Gasteiger partial charge on any atom is -0.449 e. The van der Waals surface area contributed by atoms with Gasteiger partial charge in [-0.1, -0.05) is 6.92 Å². The molecule has 0 saturated heterocycles. The molecule has 0 aliphatic rings. The predicted octanol–water partition coefficient (Wildman–Crippen LogP) is 1.79. The first-order valence-electron chi connectivity index (χ1n) is 4.00. The number of hydrogen-bond acceptors (Lipinski definition) is 4. The van der Waals surface area contributed by atoms with E-state index in [9.17, 15) is 9.59 Å². The van der Waals surface area contributed by atoms with Gasteiger partial charge < -0.3 is 9.47 Å². The Labute approximate surface area is 76.7 Å². The number of carbonyl (C=O) groups excluding carboxylic acids is 2. The molecule has 2 amide bonds. The monoisotopic (exact) mass is 187 g/mol. The highest BCUT2D eigenvalue weighted by atomic mass is 16.6. The average Bonchev–Trinajstić information content (AvgIpc) is 2.05. The van der Waals surface area contributed by atoms with Crippen LogP contribution in [-0.4, -0.2) is 18.8 Å². The smallest absolute Gasteiger partial charge is 0.421 e. The number of nitrogens with one attached hydrogen (secondary N) is 1. The summed E-state index contributed by atoms with van der Waals surface area (Å²) in [4.78, 5) is 21.3. The molecule has 74 valence electrons. The molecule has 0 atom stereocenters. The molecule has 0 fully saturated rings. The third-order valence-corrected chi connectivity index (χ3v) is 0.987. The minimum absolute atomic E-state index is 0.212. The number of carbonyl (C=O) groups is 2. The van der Waals surface area contributed by atoms with Crippen molar-refractivity contribution in [2.45, 2.75) is 20.3 Å². The van der Waals surface area contributed by atoms with Crippen molar-refractivity contribution in [3.05, 3.63) is 12.3 Å². The molecule has 5 nitrogen and oxygen atoms in total. The van der Waals surface area contributed by atoms with E-state index in [1.54, 1.807) is 13.0 Å². The van der Waals surface area contributed by atoms with E-state index in [-0.39, 0.29) is 6.61 Å². The molecule has 0 aliphatic carbocycles. The van der Waals surface area contributed by atoms with E-state index in [4.69, 9.17) is 0 Å². The van der Waals surface area contributed by atoms with Gasteiger partial charge in [0.2, 0.25) is 0 Å². The van der Waals surface area contributed by atoms with Crippen molar-refractivity contribution in [2.75, 3.05) is 6.61 Å². The lowest BCUT2D eigenvalue weighted by molar-refractivity contribution is 0.143. The van der Waals surface area contributed by atoms with Crippen LogP contribution >= 0.6 is 0 Å². The van der Waals surface area contributed by atoms with E-state index in [2.05, 4.69) is 9.47 Å². The summed E-state index contributed by atoms with van der Waals surface area (Å²) in [5.74, 6) is 0. The molecule has 0 spiro atoms. The Morgan fingerprint density at radius 3 is 2.54 bits per heavy atom. The summed E-state index contributed by atoms with van der Waals surface area (Å²) in [5.41, 5.74) is 0. The highest BCUT2D eigenvalue weighted by Crippen LogP contribution is 1.85. The van der Waals surface area contributed by atoms with Crippen molar-refractivity contribution in [1.29, 1.82) is 0 Å². The van der Waals surface area contributed by atoms with Crippen LogP contribution < -0.4 is 5.32 Å². The molecule has 0 unspecified atom stereocenters. The molecule has 0 radical (unpaired) electrons. The molecule has 1 N–H and O–H groups in total. The van der Waals surface area contributed by atoms with Crippen LogP contribution in [0.3, 0.4) is 0 Å². The largest absolute Gasteiger partial charge is 0.449 e. The maximum absolute atomic E-state index is 10.7. The third-order valence-electron chi connectivity index (χ3n) is 0.987. The third kappa shape index (κ3) is 6.86. The number of amides is 2. The van der Waals surface area contributed by atoms with Crippen LogP contribution in [0.25, 0.3) is 0 Å². The number of hydrogen-bond donors (Lipinski definition) is 1. The molecule has 0 aliphatic heterocycles. The molecular formula is C8H13NO4. The van der Waals surface area contributed by atoms with Gasteiger partial charge in [0.15, 0.2) is 0 Å². The van der Waals surface area contributed by atoms with Gasteiger partial charge in [0, 0.05) is 0 Å². The van der Waals surface area contributed by atoms with Crippen molar-refractivity contribution in [1.82, 2.24) is 5.32 Å². The molecule has 5 heteroatoms. The Balaban J connectivity index is 3.62. The number of imide groups is 1. The minimum atomic E-state index is -0.844. The lowest BCUT2D eigenvalue weighted by atomic mass is 10.5. The summed E-state index contributed by atoms with van der Waals surface area (Å²) in [7, 11) is 0. The van der Waals surface area contributed by atoms with E-state index >= 15 is 0 Å². The summed E-state index contributed by atoms with van der Waals surface area (Å²) in [6.45, 7) is 3.74. The summed E-state index contributed by atoms with van der Waals surface area (Å²) >= 11 is 0. The summed E-state index contributed by atoms with van der Waals surface area (Å²) in [5, 5.41) is 1.87. The van der Waals surface area contributed by atoms with Crippen molar-refractivity contribution in [2.24, 2.45) is 0 Å². The van der Waals surface area contributed by atoms with Crippen molar-refractivity contribution >= 4 is 12.2 Å². The molecule has 0 aromatic rings. The molecule has 0 rings (SSSR count). The van der Waals surface area contributed by atoms with Gasteiger partial charge in [-0.3, -0.25) is 0 Å². The molecule has 0 bridgehead atoms. The van der Waals surface area contributed by atoms with Gasteiger partial charge in [0.1, 0.15) is 0 Å². The zero-order chi connectivity index (χ0) is 10.1. The number of rotatable bonds is 3. The average molecular weight is 187 g/mol. The van der Waals surface area contributed by atoms with Gasteiger partial charge in [-0.05, 0) is 19.4 Å². The van der Waals surface area contributed by atoms with Crippen LogP contribution in [0.4, 0.5) is 9.59 Å². The first-order valence-corrected chi connectivity index (χ1v) is 4.00. The lowest BCUT2D eigenvalue weighted by Gasteiger charge is -2.01. The Bertz CT molecular complexity index is 200. The highest BCUT2D eigenvalue weighted by Gasteiger charge is 2.06. The fraction of sp³-hybridized carbons (Fsp3) is 0.500. The first-order chi connectivity index (χ1) is 6.20. The van der Waals surface area contributed by atoms with Crippen LogP contribution in [-0.2, 0) is 9.47 Å². The van der Waals surface area contributed by atoms with Crippen LogP contribution in [0.15, 0.2) is 12.3 Å². The second kappa shape index (κ2) is 7.15. The Kier molecular flexibility index (Phi) is 6.31. The summed E-state index contributed by atoms with van der Waals surface area (Å²) in [6, 6.07) is 0. The standard InChI is InChI=1S/C8H13NO4/c1-3-5-6-13-8(11)9-7(10)12-4-2/h5-6H,3-4H2,1-2H3,(H,9,10,11). The predicted molar refractivity (Wildman–Crippen MR) is 46.1 cm³/mol. The zero-order valence-corrected chi connectivity index (χ0v) is 7.70. The van der Waals surface area contributed by atoms with Gasteiger partial charge in [-0.15, -0.1) is 0 Å². The van der Waals surface area contributed by atoms with Gasteiger partial charge in [-0.25, -0.2) is 14.9 Å². The maximum atomic E-state index is 10.7. The molecule has 0 aromatic heterocycles. The Hall–Kier alpha value is -1.52. The van der Waals surface area contributed by atoms with Crippen molar-refractivity contribution < 1.29 is 19.1 Å². The van der Waals surface area contributed by atoms with E-state index < -0.39 is 12.2 Å². The van der Waals surface area contributed by atoms with Crippen LogP contribution in [0.2, 0.25) is 0 Å². The normalized spacial score (nSPS) is 9.69. The Morgan fingerprint density at radius 1 is 1.31 bits per heavy atom. The van der Waals surface area contributed by atoms with E-state index in [1.807, 2.05) is 12.2 Å². The molecule has 13 heavy (non-hydrogen) atoms. The van der Waals surface area contributed by atoms with Crippen LogP contribution in [0, 0.1) is 0 Å². The second-order valence-electron chi connectivity index (χ2n) is 2.03. The topological polar surface area (TPSA) is 64.6 Å². The summed E-state index contributed by atoms with van der Waals surface area (Å²) < 4.78 is 8.91. The summed E-state index contributed by atoms with van der Waals surface area (Å²) in [6.07, 6.45) is 1.96. The molecular weight excluding hydrogens is 174 g/mol. The highest BCUT2D eigenvalue weighted by molar-refractivity contribution is 5.87. The fourth-order valence-corrected chi connectivity index (χ4v) is 0.486. The molecule has 0 heterocycles. The molecule has 0 saturated carbocycles. The van der Waals surface area contributed by atoms with Crippen LogP contribution in [0.5, 0.6) is 0 Å². The first kappa shape index (κ1) is 11.5. The van der Waals surface area contributed by atoms with Gasteiger partial charge in [0.05, 0.1) is 12.9 Å². The number of alkyl carbamates (subject to hydrolysis) is 2. The van der Waals surface area contributed by atoms with Gasteiger partial charge in [0.25, 0.3) is 0 Å². The van der Waals surface area contributed by atoms with Crippen LogP contribution in [0.1, 0.15) is 20.3 Å². The second-order valence-corrected chi connectivity index (χ2v) is 2.03. The maximum Gasteiger partial charge on any atom is 0.421 e. The van der Waals surface area contributed by atoms with E-state index in [1.165, 1.54) is 6.26 Å². The van der Waals surface area contributed by atoms with Gasteiger partial charge in [-0.2, -0.15) is 0 Å².